The number of nitrogens with zero attached hydrogens (tertiary/aromatic N) is 2. The van der Waals surface area contributed by atoms with Crippen LogP contribution in [0.4, 0.5) is 5.69 Å². The predicted molar refractivity (Wildman–Crippen MR) is 118 cm³/mol. The van der Waals surface area contributed by atoms with E-state index >= 15 is 0 Å². The maximum atomic E-state index is 13.5. The van der Waals surface area contributed by atoms with Gasteiger partial charge in [-0.3, -0.25) is 10.1 Å². The third kappa shape index (κ3) is 2.93. The van der Waals surface area contributed by atoms with Gasteiger partial charge in [0.15, 0.2) is 0 Å². The molecule has 8 heteroatoms. The molecule has 1 saturated heterocycles. The molecule has 0 N–H and O–H groups in total. The molecule has 0 radical (unpaired) electrons. The van der Waals surface area contributed by atoms with E-state index in [4.69, 9.17) is 0 Å². The summed E-state index contributed by atoms with van der Waals surface area (Å²) in [6.45, 7) is 1.98. The highest BCUT2D eigenvalue weighted by Gasteiger charge is 2.38. The van der Waals surface area contributed by atoms with E-state index in [2.05, 4.69) is 24.3 Å². The first-order valence-corrected chi connectivity index (χ1v) is 12.3. The highest BCUT2D eigenvalue weighted by molar-refractivity contribution is 8.01. The van der Waals surface area contributed by atoms with Crippen molar-refractivity contribution in [3.8, 4) is 0 Å². The number of thioether (sulfide) groups is 1. The van der Waals surface area contributed by atoms with Crippen molar-refractivity contribution in [2.75, 3.05) is 12.3 Å². The van der Waals surface area contributed by atoms with Gasteiger partial charge in [-0.15, -0.1) is 11.8 Å². The normalized spacial score (nSPS) is 18.9. The van der Waals surface area contributed by atoms with E-state index in [1.807, 2.05) is 6.07 Å². The second-order valence-corrected chi connectivity index (χ2v) is 10.8. The van der Waals surface area contributed by atoms with E-state index in [1.165, 1.54) is 39.0 Å². The summed E-state index contributed by atoms with van der Waals surface area (Å²) in [5.74, 6) is 0.681. The largest absolute Gasteiger partial charge is 0.273 e. The van der Waals surface area contributed by atoms with E-state index in [0.29, 0.717) is 17.9 Å². The monoisotopic (exact) mass is 440 g/mol. The average Bonchev–Trinajstić information content (AvgIpc) is 3.37. The van der Waals surface area contributed by atoms with Gasteiger partial charge in [0, 0.05) is 23.9 Å². The SMILES string of the molecule is Cc1ccc(S(=O)(=O)N2CCS[C@H]2c2ccc3c4c(cccc24)CC3)cc1[N+](=O)[O-]. The molecule has 0 bridgehead atoms. The minimum Gasteiger partial charge on any atom is -0.258 e. The van der Waals surface area contributed by atoms with E-state index in [9.17, 15) is 18.5 Å². The number of hydrogen-bond acceptors (Lipinski definition) is 5. The van der Waals surface area contributed by atoms with Gasteiger partial charge in [-0.25, -0.2) is 8.42 Å². The van der Waals surface area contributed by atoms with Gasteiger partial charge < -0.3 is 0 Å². The molecule has 0 spiro atoms. The van der Waals surface area contributed by atoms with Crippen LogP contribution < -0.4 is 0 Å². The molecule has 3 aromatic rings. The molecule has 1 fully saturated rings. The maximum Gasteiger partial charge on any atom is 0.273 e. The van der Waals surface area contributed by atoms with Gasteiger partial charge in [-0.2, -0.15) is 4.31 Å². The quantitative estimate of drug-likeness (QED) is 0.438. The molecule has 0 saturated carbocycles. The fourth-order valence-corrected chi connectivity index (χ4v) is 7.80. The first-order chi connectivity index (χ1) is 14.4. The van der Waals surface area contributed by atoms with Gasteiger partial charge in [0.25, 0.3) is 5.69 Å². The Morgan fingerprint density at radius 2 is 1.87 bits per heavy atom. The molecule has 0 unspecified atom stereocenters. The summed E-state index contributed by atoms with van der Waals surface area (Å²) in [6, 6.07) is 14.6. The molecule has 5 rings (SSSR count). The van der Waals surface area contributed by atoms with Gasteiger partial charge >= 0.3 is 0 Å². The fraction of sp³-hybridized carbons (Fsp3) is 0.273. The fourth-order valence-electron chi connectivity index (χ4n) is 4.51. The topological polar surface area (TPSA) is 80.5 Å². The van der Waals surface area contributed by atoms with Gasteiger partial charge in [-0.1, -0.05) is 36.4 Å². The van der Waals surface area contributed by atoms with Gasteiger partial charge in [-0.05, 0) is 53.3 Å². The molecule has 0 amide bonds. The zero-order valence-corrected chi connectivity index (χ0v) is 18.0. The van der Waals surface area contributed by atoms with Crippen LogP contribution in [0.25, 0.3) is 10.8 Å². The number of sulfonamides is 1. The summed E-state index contributed by atoms with van der Waals surface area (Å²) in [6.07, 6.45) is 2.03. The number of nitro groups is 1. The summed E-state index contributed by atoms with van der Waals surface area (Å²) in [4.78, 5) is 10.8. The molecule has 0 aromatic heterocycles. The Bertz CT molecular complexity index is 1290. The van der Waals surface area contributed by atoms with Crippen molar-refractivity contribution in [2.24, 2.45) is 0 Å². The van der Waals surface area contributed by atoms with Crippen LogP contribution in [-0.4, -0.2) is 29.9 Å². The van der Waals surface area contributed by atoms with Crippen LogP contribution in [0.2, 0.25) is 0 Å². The molecule has 1 aliphatic carbocycles. The van der Waals surface area contributed by atoms with Gasteiger partial charge in [0.2, 0.25) is 10.0 Å². The molecule has 1 heterocycles. The summed E-state index contributed by atoms with van der Waals surface area (Å²) in [5, 5.41) is 13.3. The highest BCUT2D eigenvalue weighted by atomic mass is 32.2. The first kappa shape index (κ1) is 19.5. The number of aryl methyl sites for hydroxylation is 3. The van der Waals surface area contributed by atoms with E-state index < -0.39 is 14.9 Å². The number of hydrogen-bond donors (Lipinski definition) is 0. The van der Waals surface area contributed by atoms with Gasteiger partial charge in [0.05, 0.1) is 15.2 Å². The molecular weight excluding hydrogens is 420 g/mol. The summed E-state index contributed by atoms with van der Waals surface area (Å²) in [7, 11) is -3.87. The van der Waals surface area contributed by atoms with E-state index in [1.54, 1.807) is 18.7 Å². The van der Waals surface area contributed by atoms with Crippen LogP contribution in [0.1, 0.15) is 27.6 Å². The minimum absolute atomic E-state index is 0.0294. The smallest absolute Gasteiger partial charge is 0.258 e. The molecule has 1 atom stereocenters. The lowest BCUT2D eigenvalue weighted by Gasteiger charge is -2.25. The van der Waals surface area contributed by atoms with Crippen molar-refractivity contribution >= 4 is 38.2 Å². The molecule has 154 valence electrons. The highest BCUT2D eigenvalue weighted by Crippen LogP contribution is 2.45. The van der Waals surface area contributed by atoms with E-state index in [0.717, 1.165) is 23.8 Å². The first-order valence-electron chi connectivity index (χ1n) is 9.80. The molecule has 3 aromatic carbocycles. The summed E-state index contributed by atoms with van der Waals surface area (Å²) in [5.41, 5.74) is 3.89. The third-order valence-corrected chi connectivity index (χ3v) is 9.25. The Hall–Kier alpha value is -2.42. The Labute approximate surface area is 179 Å². The molecule has 6 nitrogen and oxygen atoms in total. The van der Waals surface area contributed by atoms with Crippen LogP contribution in [0.3, 0.4) is 0 Å². The number of rotatable bonds is 4. The van der Waals surface area contributed by atoms with Crippen molar-refractivity contribution in [1.29, 1.82) is 0 Å². The molecule has 1 aliphatic heterocycles. The predicted octanol–water partition coefficient (Wildman–Crippen LogP) is 4.59. The number of benzene rings is 3. The minimum atomic E-state index is -3.87. The van der Waals surface area contributed by atoms with Crippen LogP contribution >= 0.6 is 11.8 Å². The third-order valence-electron chi connectivity index (χ3n) is 6.01. The average molecular weight is 441 g/mol. The lowest BCUT2D eigenvalue weighted by molar-refractivity contribution is -0.385. The zero-order chi connectivity index (χ0) is 21.0. The molecule has 2 aliphatic rings. The maximum absolute atomic E-state index is 13.5. The Morgan fingerprint density at radius 3 is 2.63 bits per heavy atom. The molecular formula is C22H20N2O4S2. The standard InChI is InChI=1S/C22H20N2O4S2/c1-14-5-9-17(13-20(14)24(25)26)30(27,28)23-11-12-29-22(23)19-10-8-16-7-6-15-3-2-4-18(19)21(15)16/h2-5,8-10,13,22H,6-7,11-12H2,1H3/t22-/m0/s1. The van der Waals surface area contributed by atoms with Crippen molar-refractivity contribution < 1.29 is 13.3 Å². The lowest BCUT2D eigenvalue weighted by atomic mass is 10.00. The second-order valence-electron chi connectivity index (χ2n) is 7.70. The van der Waals surface area contributed by atoms with Crippen LogP contribution in [0.15, 0.2) is 53.4 Å². The van der Waals surface area contributed by atoms with Crippen molar-refractivity contribution in [3.63, 3.8) is 0 Å². The van der Waals surface area contributed by atoms with E-state index in [-0.39, 0.29) is 16.0 Å². The Balaban J connectivity index is 1.61. The second kappa shape index (κ2) is 7.08. The molecule has 30 heavy (non-hydrogen) atoms. The Kier molecular flexibility index (Phi) is 4.61. The zero-order valence-electron chi connectivity index (χ0n) is 16.4. The summed E-state index contributed by atoms with van der Waals surface area (Å²) >= 11 is 1.60. The van der Waals surface area contributed by atoms with Crippen LogP contribution in [-0.2, 0) is 22.9 Å². The summed E-state index contributed by atoms with van der Waals surface area (Å²) < 4.78 is 28.4. The van der Waals surface area contributed by atoms with Crippen molar-refractivity contribution in [3.05, 3.63) is 80.9 Å². The lowest BCUT2D eigenvalue weighted by Crippen LogP contribution is -2.30. The van der Waals surface area contributed by atoms with Crippen molar-refractivity contribution in [2.45, 2.75) is 30.0 Å². The number of nitro benzene ring substituents is 1. The van der Waals surface area contributed by atoms with Crippen molar-refractivity contribution in [1.82, 2.24) is 4.31 Å². The van der Waals surface area contributed by atoms with Crippen LogP contribution in [0, 0.1) is 17.0 Å². The van der Waals surface area contributed by atoms with Gasteiger partial charge in [0.1, 0.15) is 0 Å². The van der Waals surface area contributed by atoms with Crippen LogP contribution in [0.5, 0.6) is 0 Å². The Morgan fingerprint density at radius 1 is 1.10 bits per heavy atom.